The number of para-hydroxylation sites is 2. The van der Waals surface area contributed by atoms with Gasteiger partial charge in [0.15, 0.2) is 0 Å². The van der Waals surface area contributed by atoms with E-state index in [0.717, 1.165) is 77.3 Å². The first kappa shape index (κ1) is 22.4. The number of hydrogen-bond acceptors (Lipinski definition) is 3. The van der Waals surface area contributed by atoms with Crippen molar-refractivity contribution >= 4 is 43.9 Å². The second-order valence-corrected chi connectivity index (χ2v) is 10.0. The Morgan fingerprint density at radius 1 is 0.425 bits per heavy atom. The Morgan fingerprint density at radius 3 is 1.62 bits per heavy atom. The van der Waals surface area contributed by atoms with E-state index in [-0.39, 0.29) is 0 Å². The van der Waals surface area contributed by atoms with Crippen LogP contribution in [0.4, 0.5) is 0 Å². The average molecular weight is 512 g/mol. The summed E-state index contributed by atoms with van der Waals surface area (Å²) < 4.78 is 12.2. The van der Waals surface area contributed by atoms with Gasteiger partial charge in [0.1, 0.15) is 22.3 Å². The van der Waals surface area contributed by atoms with E-state index < -0.39 is 0 Å². The second kappa shape index (κ2) is 8.73. The summed E-state index contributed by atoms with van der Waals surface area (Å²) in [7, 11) is 0. The highest BCUT2D eigenvalue weighted by molar-refractivity contribution is 6.10. The minimum absolute atomic E-state index is 0.636. The fourth-order valence-corrected chi connectivity index (χ4v) is 5.92. The molecule has 0 atom stereocenters. The van der Waals surface area contributed by atoms with Crippen LogP contribution in [0.3, 0.4) is 0 Å². The number of fused-ring (bicyclic) bond motifs is 6. The second-order valence-electron chi connectivity index (χ2n) is 10.0. The lowest BCUT2D eigenvalue weighted by atomic mass is 9.84. The van der Waals surface area contributed by atoms with Gasteiger partial charge in [-0.25, -0.2) is 0 Å². The number of rotatable bonds is 3. The molecule has 0 aliphatic carbocycles. The van der Waals surface area contributed by atoms with Crippen molar-refractivity contribution in [2.75, 3.05) is 0 Å². The van der Waals surface area contributed by atoms with E-state index in [1.807, 2.05) is 72.8 Å². The summed E-state index contributed by atoms with van der Waals surface area (Å²) in [5.74, 6) is 0. The number of hydrogen-bond donors (Lipinski definition) is 0. The Bertz CT molecular complexity index is 2280. The lowest BCUT2D eigenvalue weighted by molar-refractivity contribution is 0.668. The molecular weight excluding hydrogens is 490 g/mol. The quantitative estimate of drug-likeness (QED) is 0.237. The van der Waals surface area contributed by atoms with Crippen molar-refractivity contribution in [3.8, 4) is 39.4 Å². The molecule has 2 heterocycles. The van der Waals surface area contributed by atoms with Gasteiger partial charge in [-0.2, -0.15) is 5.26 Å². The van der Waals surface area contributed by atoms with Gasteiger partial charge in [0, 0.05) is 27.1 Å². The van der Waals surface area contributed by atoms with Crippen molar-refractivity contribution < 1.29 is 8.83 Å². The van der Waals surface area contributed by atoms with Crippen LogP contribution in [0.2, 0.25) is 0 Å². The summed E-state index contributed by atoms with van der Waals surface area (Å²) in [6, 6.07) is 45.6. The smallest absolute Gasteiger partial charge is 0.135 e. The monoisotopic (exact) mass is 511 g/mol. The van der Waals surface area contributed by atoms with Gasteiger partial charge in [0.05, 0.1) is 11.6 Å². The zero-order chi connectivity index (χ0) is 26.6. The Hall–Kier alpha value is -5.59. The molecular formula is C37H21NO2. The Morgan fingerprint density at radius 2 is 0.975 bits per heavy atom. The molecule has 186 valence electrons. The van der Waals surface area contributed by atoms with Crippen LogP contribution in [-0.2, 0) is 0 Å². The zero-order valence-corrected chi connectivity index (χ0v) is 21.4. The number of nitrogens with zero attached hydrogens (tertiary/aromatic N) is 1. The van der Waals surface area contributed by atoms with Gasteiger partial charge in [-0.3, -0.25) is 0 Å². The molecule has 8 aromatic rings. The Balaban J connectivity index is 1.47. The van der Waals surface area contributed by atoms with Gasteiger partial charge >= 0.3 is 0 Å². The third-order valence-electron chi connectivity index (χ3n) is 7.74. The van der Waals surface area contributed by atoms with E-state index in [9.17, 15) is 5.26 Å². The fraction of sp³-hybridized carbons (Fsp3) is 0. The molecule has 0 aliphatic rings. The summed E-state index contributed by atoms with van der Waals surface area (Å²) in [5.41, 5.74) is 10.2. The summed E-state index contributed by atoms with van der Waals surface area (Å²) in [4.78, 5) is 0. The molecule has 3 nitrogen and oxygen atoms in total. The summed E-state index contributed by atoms with van der Waals surface area (Å²) >= 11 is 0. The highest BCUT2D eigenvalue weighted by Crippen LogP contribution is 2.44. The minimum Gasteiger partial charge on any atom is -0.456 e. The van der Waals surface area contributed by atoms with Gasteiger partial charge in [-0.05, 0) is 70.3 Å². The van der Waals surface area contributed by atoms with E-state index in [1.54, 1.807) is 0 Å². The van der Waals surface area contributed by atoms with E-state index in [2.05, 4.69) is 60.7 Å². The maximum Gasteiger partial charge on any atom is 0.135 e. The summed E-state index contributed by atoms with van der Waals surface area (Å²) in [6.45, 7) is 0. The Labute approximate surface area is 230 Å². The van der Waals surface area contributed by atoms with Crippen LogP contribution in [0.15, 0.2) is 136 Å². The van der Waals surface area contributed by atoms with Crippen LogP contribution >= 0.6 is 0 Å². The molecule has 0 spiro atoms. The normalized spacial score (nSPS) is 11.5. The highest BCUT2D eigenvalue weighted by Gasteiger charge is 2.20. The summed E-state index contributed by atoms with van der Waals surface area (Å²) in [5, 5.41) is 14.5. The molecule has 3 heteroatoms. The topological polar surface area (TPSA) is 50.1 Å². The molecule has 0 N–H and O–H groups in total. The van der Waals surface area contributed by atoms with E-state index in [1.165, 1.54) is 0 Å². The maximum atomic E-state index is 10.2. The molecule has 0 amide bonds. The minimum atomic E-state index is 0.636. The van der Waals surface area contributed by atoms with Gasteiger partial charge in [0.25, 0.3) is 0 Å². The first-order chi connectivity index (χ1) is 19.8. The Kier molecular flexibility index (Phi) is 4.89. The molecule has 0 radical (unpaired) electrons. The van der Waals surface area contributed by atoms with E-state index in [0.29, 0.717) is 5.56 Å². The lowest BCUT2D eigenvalue weighted by Crippen LogP contribution is -1.94. The van der Waals surface area contributed by atoms with Crippen LogP contribution < -0.4 is 0 Å². The molecule has 0 unspecified atom stereocenters. The molecule has 0 bridgehead atoms. The van der Waals surface area contributed by atoms with Crippen LogP contribution in [0.25, 0.3) is 77.3 Å². The average Bonchev–Trinajstić information content (AvgIpc) is 3.58. The molecule has 6 aromatic carbocycles. The third-order valence-corrected chi connectivity index (χ3v) is 7.74. The van der Waals surface area contributed by atoms with Crippen molar-refractivity contribution in [3.05, 3.63) is 133 Å². The molecule has 40 heavy (non-hydrogen) atoms. The predicted molar refractivity (Wildman–Crippen MR) is 162 cm³/mol. The van der Waals surface area contributed by atoms with Crippen molar-refractivity contribution in [1.82, 2.24) is 0 Å². The molecule has 0 saturated heterocycles. The van der Waals surface area contributed by atoms with Crippen LogP contribution in [0.5, 0.6) is 0 Å². The molecule has 0 fully saturated rings. The van der Waals surface area contributed by atoms with E-state index >= 15 is 0 Å². The van der Waals surface area contributed by atoms with Crippen molar-refractivity contribution in [1.29, 1.82) is 5.26 Å². The predicted octanol–water partition coefficient (Wildman–Crippen LogP) is 10.4. The van der Waals surface area contributed by atoms with E-state index in [4.69, 9.17) is 8.83 Å². The number of benzene rings is 6. The molecule has 0 aliphatic heterocycles. The molecule has 0 saturated carbocycles. The third kappa shape index (κ3) is 3.37. The lowest BCUT2D eigenvalue weighted by Gasteiger charge is -2.18. The van der Waals surface area contributed by atoms with Gasteiger partial charge in [-0.1, -0.05) is 84.9 Å². The van der Waals surface area contributed by atoms with Crippen molar-refractivity contribution in [2.45, 2.75) is 0 Å². The van der Waals surface area contributed by atoms with Crippen LogP contribution in [0, 0.1) is 11.3 Å². The van der Waals surface area contributed by atoms with Crippen LogP contribution in [-0.4, -0.2) is 0 Å². The van der Waals surface area contributed by atoms with Crippen molar-refractivity contribution in [3.63, 3.8) is 0 Å². The van der Waals surface area contributed by atoms with Gasteiger partial charge < -0.3 is 8.83 Å². The largest absolute Gasteiger partial charge is 0.456 e. The fourth-order valence-electron chi connectivity index (χ4n) is 5.92. The highest BCUT2D eigenvalue weighted by atomic mass is 16.3. The van der Waals surface area contributed by atoms with Crippen LogP contribution in [0.1, 0.15) is 5.56 Å². The maximum absolute atomic E-state index is 10.2. The first-order valence-corrected chi connectivity index (χ1v) is 13.2. The number of nitriles is 1. The molecule has 8 rings (SSSR count). The van der Waals surface area contributed by atoms with Gasteiger partial charge in [0.2, 0.25) is 0 Å². The number of furan rings is 2. The van der Waals surface area contributed by atoms with Gasteiger partial charge in [-0.15, -0.1) is 0 Å². The summed E-state index contributed by atoms with van der Waals surface area (Å²) in [6.07, 6.45) is 0. The standard InChI is InChI=1S/C37H21NO2/c38-22-26-14-17-27(24-15-18-34-30(20-24)28-10-4-6-12-32(28)39-34)37(36(26)23-8-2-1-3-9-23)25-16-19-35-31(21-25)29-11-5-7-13-33(29)40-35/h1-21H. The molecule has 2 aromatic heterocycles. The van der Waals surface area contributed by atoms with Crippen molar-refractivity contribution in [2.24, 2.45) is 0 Å². The SMILES string of the molecule is N#Cc1ccc(-c2ccc3oc4ccccc4c3c2)c(-c2ccc3oc4ccccc4c3c2)c1-c1ccccc1. The first-order valence-electron chi connectivity index (χ1n) is 13.2. The zero-order valence-electron chi connectivity index (χ0n) is 21.4.